The normalized spacial score (nSPS) is 9.28. The second kappa shape index (κ2) is 6.63. The van der Waals surface area contributed by atoms with Crippen molar-refractivity contribution in [3.8, 4) is 0 Å². The molecule has 0 aliphatic heterocycles. The summed E-state index contributed by atoms with van der Waals surface area (Å²) in [5.41, 5.74) is 6.06. The molecule has 1 rings (SSSR count). The molecule has 18 heavy (non-hydrogen) atoms. The molecule has 0 fully saturated rings. The first-order chi connectivity index (χ1) is 8.56. The minimum absolute atomic E-state index is 0.0275. The fraction of sp³-hybridized carbons (Fsp3) is 0.250. The van der Waals surface area contributed by atoms with Crippen LogP contribution in [-0.4, -0.2) is 5.91 Å². The third-order valence-corrected chi connectivity index (χ3v) is 2.44. The lowest BCUT2D eigenvalue weighted by Crippen LogP contribution is -2.22. The Hall–Kier alpha value is -2.05. The SMILES string of the molecule is C=CCc1ccccc1N(C=C=C(C)C)C(C)=O. The zero-order valence-corrected chi connectivity index (χ0v) is 11.2. The predicted molar refractivity (Wildman–Crippen MR) is 76.4 cm³/mol. The predicted octanol–water partition coefficient (Wildman–Crippen LogP) is 3.85. The van der Waals surface area contributed by atoms with Crippen molar-refractivity contribution >= 4 is 11.6 Å². The Morgan fingerprint density at radius 1 is 1.33 bits per heavy atom. The van der Waals surface area contributed by atoms with Crippen LogP contribution in [0.15, 0.2) is 54.4 Å². The van der Waals surface area contributed by atoms with Crippen molar-refractivity contribution in [2.75, 3.05) is 4.90 Å². The topological polar surface area (TPSA) is 20.3 Å². The van der Waals surface area contributed by atoms with E-state index in [-0.39, 0.29) is 5.91 Å². The molecule has 0 bridgehead atoms. The lowest BCUT2D eigenvalue weighted by Gasteiger charge is -2.18. The van der Waals surface area contributed by atoms with Crippen LogP contribution >= 0.6 is 0 Å². The number of amides is 1. The first-order valence-electron chi connectivity index (χ1n) is 5.95. The summed E-state index contributed by atoms with van der Waals surface area (Å²) in [6.45, 7) is 9.19. The summed E-state index contributed by atoms with van der Waals surface area (Å²) in [7, 11) is 0. The van der Waals surface area contributed by atoms with Crippen molar-refractivity contribution in [1.82, 2.24) is 0 Å². The average Bonchev–Trinajstić information content (AvgIpc) is 2.31. The molecule has 94 valence electrons. The van der Waals surface area contributed by atoms with Crippen molar-refractivity contribution < 1.29 is 4.79 Å². The summed E-state index contributed by atoms with van der Waals surface area (Å²) >= 11 is 0. The van der Waals surface area contributed by atoms with Crippen molar-refractivity contribution in [1.29, 1.82) is 0 Å². The van der Waals surface area contributed by atoms with Crippen molar-refractivity contribution in [3.05, 3.63) is 60.0 Å². The molecule has 0 spiro atoms. The van der Waals surface area contributed by atoms with E-state index in [9.17, 15) is 4.79 Å². The van der Waals surface area contributed by atoms with E-state index in [2.05, 4.69) is 12.3 Å². The average molecular weight is 241 g/mol. The Kier molecular flexibility index (Phi) is 5.16. The smallest absolute Gasteiger partial charge is 0.228 e. The highest BCUT2D eigenvalue weighted by Crippen LogP contribution is 2.21. The molecule has 2 heteroatoms. The highest BCUT2D eigenvalue weighted by atomic mass is 16.2. The van der Waals surface area contributed by atoms with Gasteiger partial charge in [-0.05, 0) is 37.5 Å². The highest BCUT2D eigenvalue weighted by Gasteiger charge is 2.11. The van der Waals surface area contributed by atoms with Crippen LogP contribution in [0.25, 0.3) is 0 Å². The van der Waals surface area contributed by atoms with Gasteiger partial charge >= 0.3 is 0 Å². The number of carbonyl (C=O) groups is 1. The lowest BCUT2D eigenvalue weighted by atomic mass is 10.1. The Morgan fingerprint density at radius 2 is 2.00 bits per heavy atom. The van der Waals surface area contributed by atoms with Crippen LogP contribution in [0.3, 0.4) is 0 Å². The third-order valence-electron chi connectivity index (χ3n) is 2.44. The number of allylic oxidation sites excluding steroid dienone is 2. The van der Waals surface area contributed by atoms with E-state index in [1.54, 1.807) is 18.0 Å². The number of hydrogen-bond acceptors (Lipinski definition) is 1. The Balaban J connectivity index is 3.26. The first-order valence-corrected chi connectivity index (χ1v) is 5.95. The molecule has 1 aromatic rings. The van der Waals surface area contributed by atoms with E-state index in [0.29, 0.717) is 0 Å². The van der Waals surface area contributed by atoms with Gasteiger partial charge in [0, 0.05) is 6.92 Å². The van der Waals surface area contributed by atoms with Crippen LogP contribution in [0, 0.1) is 0 Å². The zero-order chi connectivity index (χ0) is 13.5. The minimum Gasteiger partial charge on any atom is -0.281 e. The number of para-hydroxylation sites is 1. The second-order valence-corrected chi connectivity index (χ2v) is 4.28. The van der Waals surface area contributed by atoms with Crippen LogP contribution in [0.4, 0.5) is 5.69 Å². The van der Waals surface area contributed by atoms with Crippen LogP contribution in [0.2, 0.25) is 0 Å². The number of anilines is 1. The van der Waals surface area contributed by atoms with Gasteiger partial charge in [0.05, 0.1) is 11.9 Å². The monoisotopic (exact) mass is 241 g/mol. The molecular formula is C16H19NO. The van der Waals surface area contributed by atoms with Crippen LogP contribution in [-0.2, 0) is 11.2 Å². The van der Waals surface area contributed by atoms with Gasteiger partial charge < -0.3 is 0 Å². The van der Waals surface area contributed by atoms with Gasteiger partial charge in [-0.3, -0.25) is 9.69 Å². The molecule has 0 aliphatic rings. The molecule has 0 saturated heterocycles. The van der Waals surface area contributed by atoms with Crippen molar-refractivity contribution in [2.24, 2.45) is 0 Å². The lowest BCUT2D eigenvalue weighted by molar-refractivity contribution is -0.116. The summed E-state index contributed by atoms with van der Waals surface area (Å²) < 4.78 is 0. The highest BCUT2D eigenvalue weighted by molar-refractivity contribution is 5.94. The zero-order valence-electron chi connectivity index (χ0n) is 11.2. The standard InChI is InChI=1S/C16H19NO/c1-5-8-15-9-6-7-10-16(15)17(14(4)18)12-11-13(2)3/h5-7,9-10,12H,1,8H2,2-4H3. The van der Waals surface area contributed by atoms with Gasteiger partial charge in [0.2, 0.25) is 5.91 Å². The summed E-state index contributed by atoms with van der Waals surface area (Å²) in [4.78, 5) is 13.3. The molecule has 0 N–H and O–H groups in total. The van der Waals surface area contributed by atoms with Crippen LogP contribution < -0.4 is 4.90 Å². The number of carbonyl (C=O) groups excluding carboxylic acids is 1. The Morgan fingerprint density at radius 3 is 2.56 bits per heavy atom. The van der Waals surface area contributed by atoms with Gasteiger partial charge in [-0.2, -0.15) is 0 Å². The van der Waals surface area contributed by atoms with Gasteiger partial charge in [-0.15, -0.1) is 12.3 Å². The maximum atomic E-state index is 11.7. The molecule has 0 unspecified atom stereocenters. The van der Waals surface area contributed by atoms with Crippen molar-refractivity contribution in [2.45, 2.75) is 27.2 Å². The summed E-state index contributed by atoms with van der Waals surface area (Å²) in [5.74, 6) is -0.0275. The number of benzene rings is 1. The molecule has 0 atom stereocenters. The fourth-order valence-electron chi connectivity index (χ4n) is 1.60. The molecular weight excluding hydrogens is 222 g/mol. The summed E-state index contributed by atoms with van der Waals surface area (Å²) in [5, 5.41) is 0. The molecule has 0 saturated carbocycles. The maximum Gasteiger partial charge on any atom is 0.228 e. The van der Waals surface area contributed by atoms with E-state index in [4.69, 9.17) is 0 Å². The molecule has 2 nitrogen and oxygen atoms in total. The van der Waals surface area contributed by atoms with E-state index < -0.39 is 0 Å². The number of hydrogen-bond donors (Lipinski definition) is 0. The van der Waals surface area contributed by atoms with Gasteiger partial charge in [-0.25, -0.2) is 0 Å². The fourth-order valence-corrected chi connectivity index (χ4v) is 1.60. The first kappa shape index (κ1) is 14.0. The third kappa shape index (κ3) is 3.76. The van der Waals surface area contributed by atoms with E-state index in [1.807, 2.05) is 44.2 Å². The van der Waals surface area contributed by atoms with Gasteiger partial charge in [-0.1, -0.05) is 24.3 Å². The van der Waals surface area contributed by atoms with Gasteiger partial charge in [0.25, 0.3) is 0 Å². The summed E-state index contributed by atoms with van der Waals surface area (Å²) in [6.07, 6.45) is 4.27. The molecule has 0 radical (unpaired) electrons. The second-order valence-electron chi connectivity index (χ2n) is 4.28. The summed E-state index contributed by atoms with van der Waals surface area (Å²) in [6, 6.07) is 7.83. The van der Waals surface area contributed by atoms with E-state index in [0.717, 1.165) is 23.2 Å². The quantitative estimate of drug-likeness (QED) is 0.579. The Labute approximate surface area is 109 Å². The molecule has 0 aromatic heterocycles. The number of nitrogens with zero attached hydrogens (tertiary/aromatic N) is 1. The Bertz CT molecular complexity index is 504. The van der Waals surface area contributed by atoms with Crippen molar-refractivity contribution in [3.63, 3.8) is 0 Å². The molecule has 0 heterocycles. The minimum atomic E-state index is -0.0275. The largest absolute Gasteiger partial charge is 0.281 e. The van der Waals surface area contributed by atoms with Gasteiger partial charge in [0.1, 0.15) is 0 Å². The van der Waals surface area contributed by atoms with Crippen LogP contribution in [0.5, 0.6) is 0 Å². The maximum absolute atomic E-state index is 11.7. The molecule has 0 aliphatic carbocycles. The molecule has 1 amide bonds. The van der Waals surface area contributed by atoms with E-state index in [1.165, 1.54) is 0 Å². The van der Waals surface area contributed by atoms with E-state index >= 15 is 0 Å². The van der Waals surface area contributed by atoms with Gasteiger partial charge in [0.15, 0.2) is 0 Å². The van der Waals surface area contributed by atoms with Crippen LogP contribution in [0.1, 0.15) is 26.3 Å². The molecule has 1 aromatic carbocycles. The number of rotatable bonds is 4.